The number of rotatable bonds is 5. The lowest BCUT2D eigenvalue weighted by Crippen LogP contribution is -2.57. The number of nitrogens with one attached hydrogen (secondary N) is 1. The van der Waals surface area contributed by atoms with Crippen molar-refractivity contribution in [1.82, 2.24) is 20.2 Å². The molecule has 1 saturated heterocycles. The van der Waals surface area contributed by atoms with Gasteiger partial charge in [-0.1, -0.05) is 27.2 Å². The second kappa shape index (κ2) is 7.14. The van der Waals surface area contributed by atoms with Gasteiger partial charge in [0.25, 0.3) is 0 Å². The lowest BCUT2D eigenvalue weighted by molar-refractivity contribution is 0.0980. The number of hydrogen-bond donors (Lipinski definition) is 1. The van der Waals surface area contributed by atoms with Gasteiger partial charge in [0.15, 0.2) is 0 Å². The van der Waals surface area contributed by atoms with Crippen molar-refractivity contribution in [2.45, 2.75) is 59.2 Å². The summed E-state index contributed by atoms with van der Waals surface area (Å²) in [6.45, 7) is 12.0. The van der Waals surface area contributed by atoms with Crippen LogP contribution in [-0.4, -0.2) is 40.0 Å². The number of piperazine rings is 1. The molecule has 2 heterocycles. The minimum atomic E-state index is 0.603. The molecule has 1 aromatic heterocycles. The van der Waals surface area contributed by atoms with E-state index in [1.54, 1.807) is 0 Å². The Kier molecular flexibility index (Phi) is 5.49. The highest BCUT2D eigenvalue weighted by molar-refractivity contribution is 5.03. The van der Waals surface area contributed by atoms with Crippen LogP contribution in [0.5, 0.6) is 0 Å². The van der Waals surface area contributed by atoms with Gasteiger partial charge in [0.1, 0.15) is 5.82 Å². The minimum Gasteiger partial charge on any atom is -0.311 e. The van der Waals surface area contributed by atoms with Gasteiger partial charge in [0, 0.05) is 37.9 Å². The zero-order chi connectivity index (χ0) is 14.5. The Bertz CT molecular complexity index is 421. The van der Waals surface area contributed by atoms with E-state index in [9.17, 15) is 0 Å². The van der Waals surface area contributed by atoms with Crippen LogP contribution in [0, 0.1) is 12.8 Å². The molecular formula is C16H28N4. The topological polar surface area (TPSA) is 41.1 Å². The van der Waals surface area contributed by atoms with Crippen LogP contribution in [0.2, 0.25) is 0 Å². The van der Waals surface area contributed by atoms with Crippen molar-refractivity contribution in [2.24, 2.45) is 5.92 Å². The molecule has 4 heteroatoms. The Balaban J connectivity index is 2.05. The van der Waals surface area contributed by atoms with Gasteiger partial charge >= 0.3 is 0 Å². The van der Waals surface area contributed by atoms with Crippen LogP contribution >= 0.6 is 0 Å². The normalized spacial score (nSPS) is 25.6. The highest BCUT2D eigenvalue weighted by Gasteiger charge is 2.29. The average Bonchev–Trinajstić information content (AvgIpc) is 2.46. The van der Waals surface area contributed by atoms with Gasteiger partial charge in [-0.25, -0.2) is 9.97 Å². The van der Waals surface area contributed by atoms with Crippen molar-refractivity contribution < 1.29 is 0 Å². The number of aromatic nitrogens is 2. The molecular weight excluding hydrogens is 248 g/mol. The zero-order valence-corrected chi connectivity index (χ0v) is 13.3. The third kappa shape index (κ3) is 3.76. The van der Waals surface area contributed by atoms with Gasteiger partial charge in [0.05, 0.1) is 5.69 Å². The summed E-state index contributed by atoms with van der Waals surface area (Å²) < 4.78 is 0. The molecule has 0 saturated carbocycles. The third-order valence-corrected chi connectivity index (χ3v) is 4.56. The molecule has 0 radical (unpaired) electrons. The lowest BCUT2D eigenvalue weighted by atomic mass is 9.94. The molecule has 0 spiro atoms. The fourth-order valence-corrected chi connectivity index (χ4v) is 2.95. The molecule has 1 aliphatic rings. The largest absolute Gasteiger partial charge is 0.311 e. The van der Waals surface area contributed by atoms with Gasteiger partial charge in [0.2, 0.25) is 0 Å². The summed E-state index contributed by atoms with van der Waals surface area (Å²) >= 11 is 0. The number of aryl methyl sites for hydroxylation is 1. The Morgan fingerprint density at radius 2 is 2.25 bits per heavy atom. The van der Waals surface area contributed by atoms with Crippen LogP contribution < -0.4 is 5.32 Å². The van der Waals surface area contributed by atoms with Gasteiger partial charge < -0.3 is 5.32 Å². The molecule has 0 bridgehead atoms. The standard InChI is InChI=1S/C16H28N4/c1-5-12(3)16-11-20(15(6-2)9-18-16)10-14-7-8-17-13(4)19-14/h7-8,12,15-16,18H,5-6,9-11H2,1-4H3. The molecule has 2 rings (SSSR count). The summed E-state index contributed by atoms with van der Waals surface area (Å²) in [6, 6.07) is 3.26. The van der Waals surface area contributed by atoms with E-state index in [4.69, 9.17) is 0 Å². The van der Waals surface area contributed by atoms with Crippen LogP contribution in [0.1, 0.15) is 45.1 Å². The Morgan fingerprint density at radius 3 is 2.90 bits per heavy atom. The molecule has 1 fully saturated rings. The van der Waals surface area contributed by atoms with Gasteiger partial charge in [-0.3, -0.25) is 4.90 Å². The summed E-state index contributed by atoms with van der Waals surface area (Å²) in [4.78, 5) is 11.3. The quantitative estimate of drug-likeness (QED) is 0.896. The maximum atomic E-state index is 4.55. The Labute approximate surface area is 123 Å². The average molecular weight is 276 g/mol. The second-order valence-corrected chi connectivity index (χ2v) is 5.99. The molecule has 112 valence electrons. The molecule has 0 aliphatic carbocycles. The highest BCUT2D eigenvalue weighted by Crippen LogP contribution is 2.19. The first-order valence-electron chi connectivity index (χ1n) is 7.90. The second-order valence-electron chi connectivity index (χ2n) is 5.99. The molecule has 0 amide bonds. The van der Waals surface area contributed by atoms with Gasteiger partial charge in [-0.05, 0) is 25.3 Å². The van der Waals surface area contributed by atoms with E-state index >= 15 is 0 Å². The lowest BCUT2D eigenvalue weighted by Gasteiger charge is -2.42. The molecule has 4 nitrogen and oxygen atoms in total. The van der Waals surface area contributed by atoms with Crippen molar-refractivity contribution in [3.05, 3.63) is 23.8 Å². The van der Waals surface area contributed by atoms with Crippen LogP contribution in [0.15, 0.2) is 12.3 Å². The van der Waals surface area contributed by atoms with Crippen LogP contribution in [0.25, 0.3) is 0 Å². The third-order valence-electron chi connectivity index (χ3n) is 4.56. The summed E-state index contributed by atoms with van der Waals surface area (Å²) in [5.41, 5.74) is 1.14. The monoisotopic (exact) mass is 276 g/mol. The first kappa shape index (κ1) is 15.4. The maximum Gasteiger partial charge on any atom is 0.125 e. The van der Waals surface area contributed by atoms with Crippen molar-refractivity contribution >= 4 is 0 Å². The van der Waals surface area contributed by atoms with Crippen LogP contribution in [0.4, 0.5) is 0 Å². The Hall–Kier alpha value is -1.00. The first-order chi connectivity index (χ1) is 9.63. The highest BCUT2D eigenvalue weighted by atomic mass is 15.2. The molecule has 1 aromatic rings. The van der Waals surface area contributed by atoms with Gasteiger partial charge in [-0.2, -0.15) is 0 Å². The van der Waals surface area contributed by atoms with Crippen molar-refractivity contribution in [2.75, 3.05) is 13.1 Å². The van der Waals surface area contributed by atoms with E-state index in [2.05, 4.69) is 41.0 Å². The van der Waals surface area contributed by atoms with Crippen LogP contribution in [0.3, 0.4) is 0 Å². The van der Waals surface area contributed by atoms with Crippen molar-refractivity contribution in [3.8, 4) is 0 Å². The minimum absolute atomic E-state index is 0.603. The molecule has 1 N–H and O–H groups in total. The molecule has 0 aromatic carbocycles. The summed E-state index contributed by atoms with van der Waals surface area (Å²) in [5, 5.41) is 3.72. The van der Waals surface area contributed by atoms with E-state index < -0.39 is 0 Å². The number of hydrogen-bond acceptors (Lipinski definition) is 4. The zero-order valence-electron chi connectivity index (χ0n) is 13.3. The fourth-order valence-electron chi connectivity index (χ4n) is 2.95. The van der Waals surface area contributed by atoms with Crippen molar-refractivity contribution in [3.63, 3.8) is 0 Å². The molecule has 3 atom stereocenters. The predicted molar refractivity (Wildman–Crippen MR) is 82.5 cm³/mol. The summed E-state index contributed by atoms with van der Waals surface area (Å²) in [6.07, 6.45) is 4.28. The van der Waals surface area contributed by atoms with E-state index in [0.717, 1.165) is 37.1 Å². The molecule has 1 aliphatic heterocycles. The molecule has 20 heavy (non-hydrogen) atoms. The molecule has 3 unspecified atom stereocenters. The Morgan fingerprint density at radius 1 is 1.45 bits per heavy atom. The smallest absolute Gasteiger partial charge is 0.125 e. The summed E-state index contributed by atoms with van der Waals surface area (Å²) in [7, 11) is 0. The van der Waals surface area contributed by atoms with E-state index in [1.807, 2.05) is 19.2 Å². The van der Waals surface area contributed by atoms with Gasteiger partial charge in [-0.15, -0.1) is 0 Å². The van der Waals surface area contributed by atoms with E-state index in [0.29, 0.717) is 12.1 Å². The van der Waals surface area contributed by atoms with Crippen molar-refractivity contribution in [1.29, 1.82) is 0 Å². The predicted octanol–water partition coefficient (Wildman–Crippen LogP) is 2.38. The fraction of sp³-hybridized carbons (Fsp3) is 0.750. The van der Waals surface area contributed by atoms with E-state index in [-0.39, 0.29) is 0 Å². The SMILES string of the molecule is CCC(C)C1CN(Cc2ccnc(C)n2)C(CC)CN1. The number of nitrogens with zero attached hydrogens (tertiary/aromatic N) is 3. The maximum absolute atomic E-state index is 4.55. The van der Waals surface area contributed by atoms with E-state index in [1.165, 1.54) is 12.8 Å². The first-order valence-corrected chi connectivity index (χ1v) is 7.90. The summed E-state index contributed by atoms with van der Waals surface area (Å²) in [5.74, 6) is 1.59. The van der Waals surface area contributed by atoms with Crippen LogP contribution in [-0.2, 0) is 6.54 Å².